The quantitative estimate of drug-likeness (QED) is 0.296. The minimum Gasteiger partial charge on any atom is -0.354 e. The molecule has 1 saturated heterocycles. The standard InChI is InChI=1S/C28H30Cl2N6O/c1-3-4-11-24-31-26(25-19(2)33-36(27(25)32-24)21-9-6-5-7-10-21)34-14-8-15-35(17-16-34)28(37)22-13-12-20(29)18-23(22)30/h5-7,9-10,12-13,18H,3-4,8,11,14-17H2,1-2H3. The number of halogens is 2. The van der Waals surface area contributed by atoms with Crippen molar-refractivity contribution in [3.63, 3.8) is 0 Å². The molecule has 7 nitrogen and oxygen atoms in total. The molecule has 192 valence electrons. The largest absolute Gasteiger partial charge is 0.354 e. The Balaban J connectivity index is 1.49. The van der Waals surface area contributed by atoms with Gasteiger partial charge in [-0.15, -0.1) is 0 Å². The van der Waals surface area contributed by atoms with Crippen molar-refractivity contribution in [1.82, 2.24) is 24.6 Å². The second-order valence-corrected chi connectivity index (χ2v) is 10.2. The number of para-hydroxylation sites is 1. The molecule has 37 heavy (non-hydrogen) atoms. The zero-order chi connectivity index (χ0) is 25.9. The number of hydrogen-bond acceptors (Lipinski definition) is 5. The van der Waals surface area contributed by atoms with Gasteiger partial charge in [-0.25, -0.2) is 14.6 Å². The molecule has 0 bridgehead atoms. The molecule has 0 N–H and O–H groups in total. The van der Waals surface area contributed by atoms with Gasteiger partial charge in [0.05, 0.1) is 27.4 Å². The number of carbonyl (C=O) groups excluding carboxylic acids is 1. The number of rotatable bonds is 6. The summed E-state index contributed by atoms with van der Waals surface area (Å²) in [5, 5.41) is 6.71. The molecule has 0 aliphatic carbocycles. The minimum absolute atomic E-state index is 0.0759. The number of amides is 1. The van der Waals surface area contributed by atoms with Gasteiger partial charge in [-0.2, -0.15) is 5.10 Å². The van der Waals surface area contributed by atoms with Crippen LogP contribution in [0.15, 0.2) is 48.5 Å². The fourth-order valence-corrected chi connectivity index (χ4v) is 5.29. The maximum absolute atomic E-state index is 13.3. The van der Waals surface area contributed by atoms with Crippen molar-refractivity contribution in [2.75, 3.05) is 31.1 Å². The van der Waals surface area contributed by atoms with Gasteiger partial charge in [0.2, 0.25) is 0 Å². The Bertz CT molecular complexity index is 1420. The van der Waals surface area contributed by atoms with Crippen molar-refractivity contribution in [3.8, 4) is 5.69 Å². The van der Waals surface area contributed by atoms with Crippen molar-refractivity contribution >= 4 is 46.0 Å². The summed E-state index contributed by atoms with van der Waals surface area (Å²) in [5.74, 6) is 1.65. The molecular weight excluding hydrogens is 507 g/mol. The molecule has 0 atom stereocenters. The second-order valence-electron chi connectivity index (χ2n) is 9.36. The van der Waals surface area contributed by atoms with Crippen LogP contribution in [0.4, 0.5) is 5.82 Å². The molecule has 0 unspecified atom stereocenters. The zero-order valence-electron chi connectivity index (χ0n) is 21.1. The molecule has 9 heteroatoms. The first-order valence-electron chi connectivity index (χ1n) is 12.8. The van der Waals surface area contributed by atoms with Gasteiger partial charge in [-0.1, -0.05) is 54.7 Å². The smallest absolute Gasteiger partial charge is 0.255 e. The summed E-state index contributed by atoms with van der Waals surface area (Å²) >= 11 is 12.4. The van der Waals surface area contributed by atoms with Crippen molar-refractivity contribution in [2.45, 2.75) is 39.5 Å². The van der Waals surface area contributed by atoms with Crippen molar-refractivity contribution in [3.05, 3.63) is 75.7 Å². The lowest BCUT2D eigenvalue weighted by molar-refractivity contribution is 0.0767. The van der Waals surface area contributed by atoms with E-state index in [2.05, 4.69) is 11.8 Å². The number of fused-ring (bicyclic) bond motifs is 1. The monoisotopic (exact) mass is 536 g/mol. The van der Waals surface area contributed by atoms with E-state index in [1.54, 1.807) is 18.2 Å². The number of hydrogen-bond donors (Lipinski definition) is 0. The molecule has 0 radical (unpaired) electrons. The number of aryl methyl sites for hydroxylation is 2. The van der Waals surface area contributed by atoms with Gasteiger partial charge in [-0.05, 0) is 50.1 Å². The van der Waals surface area contributed by atoms with E-state index in [0.29, 0.717) is 35.2 Å². The number of unbranched alkanes of at least 4 members (excludes halogenated alkanes) is 1. The molecule has 1 aliphatic rings. The molecule has 0 spiro atoms. The van der Waals surface area contributed by atoms with Gasteiger partial charge in [0, 0.05) is 37.6 Å². The summed E-state index contributed by atoms with van der Waals surface area (Å²) in [6.07, 6.45) is 3.72. The Labute approximate surface area is 227 Å². The molecule has 2 aromatic carbocycles. The highest BCUT2D eigenvalue weighted by molar-refractivity contribution is 6.36. The van der Waals surface area contributed by atoms with Crippen LogP contribution >= 0.6 is 23.2 Å². The highest BCUT2D eigenvalue weighted by Crippen LogP contribution is 2.30. The van der Waals surface area contributed by atoms with Crippen LogP contribution < -0.4 is 4.90 Å². The second kappa shape index (κ2) is 11.1. The van der Waals surface area contributed by atoms with E-state index in [4.69, 9.17) is 38.3 Å². The fraction of sp³-hybridized carbons (Fsp3) is 0.357. The molecule has 1 fully saturated rings. The van der Waals surface area contributed by atoms with Gasteiger partial charge >= 0.3 is 0 Å². The predicted molar refractivity (Wildman–Crippen MR) is 149 cm³/mol. The molecule has 1 aliphatic heterocycles. The SMILES string of the molecule is CCCCc1nc(N2CCCN(C(=O)c3ccc(Cl)cc3Cl)CC2)c2c(C)nn(-c3ccccc3)c2n1. The number of anilines is 1. The van der Waals surface area contributed by atoms with Crippen LogP contribution in [0, 0.1) is 6.92 Å². The number of aromatic nitrogens is 4. The Morgan fingerprint density at radius 1 is 1.00 bits per heavy atom. The summed E-state index contributed by atoms with van der Waals surface area (Å²) < 4.78 is 1.92. The maximum atomic E-state index is 13.3. The fourth-order valence-electron chi connectivity index (χ4n) is 4.80. The first-order chi connectivity index (χ1) is 18.0. The van der Waals surface area contributed by atoms with Gasteiger partial charge in [0.1, 0.15) is 11.6 Å². The lowest BCUT2D eigenvalue weighted by atomic mass is 10.2. The van der Waals surface area contributed by atoms with E-state index in [-0.39, 0.29) is 5.91 Å². The van der Waals surface area contributed by atoms with E-state index in [1.165, 1.54) is 0 Å². The first kappa shape index (κ1) is 25.5. The summed E-state index contributed by atoms with van der Waals surface area (Å²) in [6.45, 7) is 6.84. The Kier molecular flexibility index (Phi) is 7.63. The molecule has 5 rings (SSSR count). The molecule has 1 amide bonds. The van der Waals surface area contributed by atoms with Crippen LogP contribution in [0.5, 0.6) is 0 Å². The maximum Gasteiger partial charge on any atom is 0.255 e. The Morgan fingerprint density at radius 3 is 2.57 bits per heavy atom. The van der Waals surface area contributed by atoms with E-state index < -0.39 is 0 Å². The van der Waals surface area contributed by atoms with E-state index in [1.807, 2.05) is 46.8 Å². The highest BCUT2D eigenvalue weighted by Gasteiger charge is 2.26. The number of carbonyl (C=O) groups is 1. The average Bonchev–Trinajstić information content (AvgIpc) is 3.07. The van der Waals surface area contributed by atoms with E-state index in [9.17, 15) is 4.79 Å². The zero-order valence-corrected chi connectivity index (χ0v) is 22.6. The number of benzene rings is 2. The van der Waals surface area contributed by atoms with Crippen LogP contribution in [-0.2, 0) is 6.42 Å². The van der Waals surface area contributed by atoms with Crippen molar-refractivity contribution in [2.24, 2.45) is 0 Å². The van der Waals surface area contributed by atoms with Gasteiger partial charge in [0.25, 0.3) is 5.91 Å². The third-order valence-corrected chi connectivity index (χ3v) is 7.28. The average molecular weight is 537 g/mol. The van der Waals surface area contributed by atoms with Crippen molar-refractivity contribution < 1.29 is 4.79 Å². The predicted octanol–water partition coefficient (Wildman–Crippen LogP) is 6.13. The summed E-state index contributed by atoms with van der Waals surface area (Å²) in [7, 11) is 0. The lowest BCUT2D eigenvalue weighted by Gasteiger charge is -2.24. The Hall–Kier alpha value is -3.16. The van der Waals surface area contributed by atoms with Crippen molar-refractivity contribution in [1.29, 1.82) is 0 Å². The molecule has 2 aromatic heterocycles. The molecule has 4 aromatic rings. The van der Waals surface area contributed by atoms with E-state index in [0.717, 1.165) is 66.3 Å². The summed E-state index contributed by atoms with van der Waals surface area (Å²) in [5.41, 5.74) is 3.16. The third kappa shape index (κ3) is 5.29. The lowest BCUT2D eigenvalue weighted by Crippen LogP contribution is -2.35. The number of nitrogens with zero attached hydrogens (tertiary/aromatic N) is 6. The summed E-state index contributed by atoms with van der Waals surface area (Å²) in [6, 6.07) is 15.1. The highest BCUT2D eigenvalue weighted by atomic mass is 35.5. The Morgan fingerprint density at radius 2 is 1.81 bits per heavy atom. The van der Waals surface area contributed by atoms with Crippen LogP contribution in [0.2, 0.25) is 10.0 Å². The van der Waals surface area contributed by atoms with Gasteiger partial charge < -0.3 is 9.80 Å². The van der Waals surface area contributed by atoms with Gasteiger partial charge in [-0.3, -0.25) is 4.79 Å². The van der Waals surface area contributed by atoms with Gasteiger partial charge in [0.15, 0.2) is 5.65 Å². The van der Waals surface area contributed by atoms with Crippen LogP contribution in [0.25, 0.3) is 16.7 Å². The first-order valence-corrected chi connectivity index (χ1v) is 13.5. The summed E-state index contributed by atoms with van der Waals surface area (Å²) in [4.78, 5) is 27.4. The normalized spacial score (nSPS) is 14.3. The van der Waals surface area contributed by atoms with Crippen LogP contribution in [0.1, 0.15) is 48.1 Å². The minimum atomic E-state index is -0.0759. The third-order valence-electron chi connectivity index (χ3n) is 6.73. The topological polar surface area (TPSA) is 67.2 Å². The molecule has 3 heterocycles. The van der Waals surface area contributed by atoms with Crippen LogP contribution in [-0.4, -0.2) is 56.7 Å². The molecular formula is C28H30Cl2N6O. The molecule has 0 saturated carbocycles. The van der Waals surface area contributed by atoms with E-state index >= 15 is 0 Å². The van der Waals surface area contributed by atoms with Crippen LogP contribution in [0.3, 0.4) is 0 Å².